The number of carboxylic acid groups (broad SMARTS) is 1. The molecule has 0 saturated carbocycles. The van der Waals surface area contributed by atoms with E-state index in [0.29, 0.717) is 12.1 Å². The largest absolute Gasteiger partial charge is 0.481 e. The summed E-state index contributed by atoms with van der Waals surface area (Å²) < 4.78 is 25.3. The molecular weight excluding hydrogens is 354 g/mol. The van der Waals surface area contributed by atoms with Gasteiger partial charge < -0.3 is 10.0 Å². The summed E-state index contributed by atoms with van der Waals surface area (Å²) in [6.07, 6.45) is -0.161. The van der Waals surface area contributed by atoms with Crippen LogP contribution in [0.25, 0.3) is 0 Å². The highest BCUT2D eigenvalue weighted by Crippen LogP contribution is 2.19. The minimum Gasteiger partial charge on any atom is -0.481 e. The molecule has 0 aromatic heterocycles. The molecule has 1 N–H and O–H groups in total. The van der Waals surface area contributed by atoms with Crippen molar-refractivity contribution in [3.8, 4) is 0 Å². The van der Waals surface area contributed by atoms with E-state index in [4.69, 9.17) is 5.11 Å². The molecule has 0 heterocycles. The van der Waals surface area contributed by atoms with Crippen LogP contribution in [0.5, 0.6) is 0 Å². The van der Waals surface area contributed by atoms with Gasteiger partial charge in [0.2, 0.25) is 0 Å². The number of carboxylic acids is 1. The average Bonchev–Trinajstić information content (AvgIpc) is 2.62. The summed E-state index contributed by atoms with van der Waals surface area (Å²) >= 11 is 0. The van der Waals surface area contributed by atoms with Gasteiger partial charge in [-0.05, 0) is 30.7 Å². The summed E-state index contributed by atoms with van der Waals surface area (Å²) in [7, 11) is -3.59. The van der Waals surface area contributed by atoms with Crippen molar-refractivity contribution >= 4 is 21.7 Å². The third kappa shape index (κ3) is 5.16. The van der Waals surface area contributed by atoms with Gasteiger partial charge in [-0.1, -0.05) is 36.4 Å². The number of hydrogen-bond donors (Lipinski definition) is 1. The first-order valence-electron chi connectivity index (χ1n) is 8.21. The van der Waals surface area contributed by atoms with Crippen LogP contribution in [0.1, 0.15) is 29.3 Å². The first kappa shape index (κ1) is 19.7. The number of rotatable bonds is 8. The molecule has 0 radical (unpaired) electrons. The Morgan fingerprint density at radius 1 is 1.04 bits per heavy atom. The lowest BCUT2D eigenvalue weighted by Crippen LogP contribution is -2.32. The van der Waals surface area contributed by atoms with Gasteiger partial charge in [0.25, 0.3) is 5.91 Å². The molecule has 0 bridgehead atoms. The van der Waals surface area contributed by atoms with Crippen LogP contribution in [-0.2, 0) is 20.4 Å². The van der Waals surface area contributed by atoms with E-state index in [0.717, 1.165) is 0 Å². The summed E-state index contributed by atoms with van der Waals surface area (Å²) in [6.45, 7) is 2.16. The van der Waals surface area contributed by atoms with Crippen LogP contribution in [-0.4, -0.2) is 43.4 Å². The lowest BCUT2D eigenvalue weighted by molar-refractivity contribution is -0.137. The molecule has 7 heteroatoms. The van der Waals surface area contributed by atoms with Crippen LogP contribution in [0, 0.1) is 0 Å². The van der Waals surface area contributed by atoms with Crippen molar-refractivity contribution in [1.29, 1.82) is 0 Å². The molecule has 2 aromatic carbocycles. The van der Waals surface area contributed by atoms with Crippen molar-refractivity contribution in [2.24, 2.45) is 0 Å². The zero-order chi connectivity index (χ0) is 19.2. The second-order valence-corrected chi connectivity index (χ2v) is 7.79. The van der Waals surface area contributed by atoms with Crippen LogP contribution >= 0.6 is 0 Å². The minimum atomic E-state index is -3.59. The summed E-state index contributed by atoms with van der Waals surface area (Å²) in [5.41, 5.74) is 0.896. The number of sulfone groups is 1. The number of nitrogens with zero attached hydrogens (tertiary/aromatic N) is 1. The van der Waals surface area contributed by atoms with Gasteiger partial charge in [-0.25, -0.2) is 8.42 Å². The zero-order valence-electron chi connectivity index (χ0n) is 14.5. The van der Waals surface area contributed by atoms with Crippen molar-refractivity contribution in [1.82, 2.24) is 4.90 Å². The maximum Gasteiger partial charge on any atom is 0.305 e. The van der Waals surface area contributed by atoms with Crippen LogP contribution < -0.4 is 0 Å². The van der Waals surface area contributed by atoms with Crippen LogP contribution in [0.3, 0.4) is 0 Å². The average molecular weight is 375 g/mol. The van der Waals surface area contributed by atoms with E-state index in [1.54, 1.807) is 31.2 Å². The quantitative estimate of drug-likeness (QED) is 0.766. The monoisotopic (exact) mass is 375 g/mol. The fourth-order valence-corrected chi connectivity index (χ4v) is 3.91. The highest BCUT2D eigenvalue weighted by Gasteiger charge is 2.20. The second-order valence-electron chi connectivity index (χ2n) is 5.80. The van der Waals surface area contributed by atoms with Gasteiger partial charge >= 0.3 is 5.97 Å². The minimum absolute atomic E-state index is 0.0708. The number of benzene rings is 2. The fraction of sp³-hybridized carbons (Fsp3) is 0.263. The molecule has 6 nitrogen and oxygen atoms in total. The summed E-state index contributed by atoms with van der Waals surface area (Å²) in [5, 5.41) is 8.78. The van der Waals surface area contributed by atoms with E-state index < -0.39 is 15.8 Å². The third-order valence-electron chi connectivity index (χ3n) is 3.90. The van der Waals surface area contributed by atoms with Crippen molar-refractivity contribution in [2.75, 3.05) is 13.1 Å². The van der Waals surface area contributed by atoms with Gasteiger partial charge in [-0.3, -0.25) is 9.59 Å². The Hall–Kier alpha value is -2.67. The maximum atomic E-state index is 12.6. The molecule has 0 spiro atoms. The molecule has 2 aromatic rings. The normalized spacial score (nSPS) is 11.1. The van der Waals surface area contributed by atoms with E-state index in [-0.39, 0.29) is 35.1 Å². The van der Waals surface area contributed by atoms with Crippen LogP contribution in [0.15, 0.2) is 59.5 Å². The Labute approximate surface area is 153 Å². The molecule has 1 amide bonds. The Morgan fingerprint density at radius 3 is 2.35 bits per heavy atom. The summed E-state index contributed by atoms with van der Waals surface area (Å²) in [6, 6.07) is 14.7. The van der Waals surface area contributed by atoms with Gasteiger partial charge in [0.15, 0.2) is 9.84 Å². The van der Waals surface area contributed by atoms with Crippen molar-refractivity contribution < 1.29 is 23.1 Å². The predicted octanol–water partition coefficient (Wildman–Crippen LogP) is 2.60. The topological polar surface area (TPSA) is 91.8 Å². The first-order valence-corrected chi connectivity index (χ1v) is 9.86. The summed E-state index contributed by atoms with van der Waals surface area (Å²) in [4.78, 5) is 24.7. The predicted molar refractivity (Wildman–Crippen MR) is 97.6 cm³/mol. The SMILES string of the molecule is CCN(CCC(=O)O)C(=O)c1cccc(S(=O)(=O)Cc2ccccc2)c1. The van der Waals surface area contributed by atoms with Crippen LogP contribution in [0.2, 0.25) is 0 Å². The Morgan fingerprint density at radius 2 is 1.73 bits per heavy atom. The van der Waals surface area contributed by atoms with Gasteiger partial charge in [0, 0.05) is 18.7 Å². The number of amides is 1. The number of aliphatic carboxylic acids is 1. The standard InChI is InChI=1S/C19H21NO5S/c1-2-20(12-11-18(21)22)19(23)16-9-6-10-17(13-16)26(24,25)14-15-7-4-3-5-8-15/h3-10,13H,2,11-12,14H2,1H3,(H,21,22). The Bertz CT molecular complexity index is 878. The number of carbonyl (C=O) groups is 2. The number of hydrogen-bond acceptors (Lipinski definition) is 4. The fourth-order valence-electron chi connectivity index (χ4n) is 2.52. The molecule has 0 aliphatic heterocycles. The molecule has 26 heavy (non-hydrogen) atoms. The lowest BCUT2D eigenvalue weighted by Gasteiger charge is -2.20. The zero-order valence-corrected chi connectivity index (χ0v) is 15.3. The van der Waals surface area contributed by atoms with Gasteiger partial charge in [0.1, 0.15) is 0 Å². The van der Waals surface area contributed by atoms with E-state index in [1.807, 2.05) is 6.07 Å². The molecule has 0 atom stereocenters. The van der Waals surface area contributed by atoms with Crippen molar-refractivity contribution in [3.05, 3.63) is 65.7 Å². The second kappa shape index (κ2) is 8.62. The summed E-state index contributed by atoms with van der Waals surface area (Å²) in [5.74, 6) is -1.52. The smallest absolute Gasteiger partial charge is 0.305 e. The molecule has 138 valence electrons. The number of carbonyl (C=O) groups excluding carboxylic acids is 1. The van der Waals surface area contributed by atoms with E-state index in [9.17, 15) is 18.0 Å². The third-order valence-corrected chi connectivity index (χ3v) is 5.59. The van der Waals surface area contributed by atoms with E-state index >= 15 is 0 Å². The van der Waals surface area contributed by atoms with E-state index in [2.05, 4.69) is 0 Å². The molecule has 2 rings (SSSR count). The van der Waals surface area contributed by atoms with Crippen LogP contribution in [0.4, 0.5) is 0 Å². The highest BCUT2D eigenvalue weighted by atomic mass is 32.2. The molecule has 0 aliphatic carbocycles. The van der Waals surface area contributed by atoms with Crippen molar-refractivity contribution in [3.63, 3.8) is 0 Å². The molecule has 0 unspecified atom stereocenters. The highest BCUT2D eigenvalue weighted by molar-refractivity contribution is 7.90. The Kier molecular flexibility index (Phi) is 6.52. The molecular formula is C19H21NO5S. The van der Waals surface area contributed by atoms with E-state index in [1.165, 1.54) is 29.2 Å². The molecule has 0 saturated heterocycles. The van der Waals surface area contributed by atoms with Gasteiger partial charge in [-0.2, -0.15) is 0 Å². The van der Waals surface area contributed by atoms with Crippen molar-refractivity contribution in [2.45, 2.75) is 24.0 Å². The maximum absolute atomic E-state index is 12.6. The first-order chi connectivity index (χ1) is 12.3. The van der Waals surface area contributed by atoms with Gasteiger partial charge in [0.05, 0.1) is 17.1 Å². The molecule has 0 aliphatic rings. The lowest BCUT2D eigenvalue weighted by atomic mass is 10.2. The molecule has 0 fully saturated rings. The van der Waals surface area contributed by atoms with Gasteiger partial charge in [-0.15, -0.1) is 0 Å². The Balaban J connectivity index is 2.23.